The number of primary amides is 1. The molecule has 1 amide bonds. The number of cyclic esters (lactones) is 2. The maximum Gasteiger partial charge on any atom is 0.350 e. The summed E-state index contributed by atoms with van der Waals surface area (Å²) in [5.74, 6) is -3.40. The summed E-state index contributed by atoms with van der Waals surface area (Å²) in [5.41, 5.74) is 6.43. The Kier molecular flexibility index (Phi) is 4.21. The third kappa shape index (κ3) is 3.56. The largest absolute Gasteiger partial charge is 0.419 e. The molecule has 0 bridgehead atoms. The molecule has 0 spiro atoms. The third-order valence-corrected chi connectivity index (χ3v) is 3.47. The van der Waals surface area contributed by atoms with E-state index in [0.29, 0.717) is 11.4 Å². The molecule has 1 saturated heterocycles. The van der Waals surface area contributed by atoms with E-state index in [0.717, 1.165) is 0 Å². The van der Waals surface area contributed by atoms with Crippen LogP contribution in [0, 0.1) is 0 Å². The average Bonchev–Trinajstić information content (AvgIpc) is 3.04. The minimum absolute atomic E-state index is 0.161. The normalized spacial score (nSPS) is 15.8. The van der Waals surface area contributed by atoms with Crippen molar-refractivity contribution in [3.05, 3.63) is 54.0 Å². The molecule has 1 fully saturated rings. The fraction of sp³-hybridized carbons (Fsp3) is 0.176. The minimum atomic E-state index is -1.28. The first-order valence-electron chi connectivity index (χ1n) is 7.64. The quantitative estimate of drug-likeness (QED) is 0.477. The summed E-state index contributed by atoms with van der Waals surface area (Å²) in [6, 6.07) is 8.40. The Morgan fingerprint density at radius 2 is 1.77 bits per heavy atom. The maximum absolute atomic E-state index is 11.9. The van der Waals surface area contributed by atoms with Gasteiger partial charge in [-0.1, -0.05) is 0 Å². The van der Waals surface area contributed by atoms with Crippen LogP contribution in [0.1, 0.15) is 24.3 Å². The van der Waals surface area contributed by atoms with Crippen molar-refractivity contribution in [3.63, 3.8) is 0 Å². The molecule has 2 heterocycles. The standard InChI is InChI=1S/C17H16N4O5/c1-17(2)25-15(23)12(16(24)26-17)9-19-10-3-5-11(6-4-10)21-8-7-13(20-21)14(18)22/h3-9,19H,1-2H3,(H2,18,22). The first kappa shape index (κ1) is 17.2. The van der Waals surface area contributed by atoms with Crippen LogP contribution in [0.3, 0.4) is 0 Å². The molecule has 1 aliphatic rings. The number of nitrogens with zero attached hydrogens (tertiary/aromatic N) is 2. The number of ether oxygens (including phenoxy) is 2. The van der Waals surface area contributed by atoms with Gasteiger partial charge in [-0.2, -0.15) is 5.10 Å². The molecule has 0 atom stereocenters. The molecule has 0 radical (unpaired) electrons. The summed E-state index contributed by atoms with van der Waals surface area (Å²) in [6.07, 6.45) is 2.84. The summed E-state index contributed by atoms with van der Waals surface area (Å²) in [4.78, 5) is 34.8. The van der Waals surface area contributed by atoms with Crippen molar-refractivity contribution in [2.45, 2.75) is 19.6 Å². The van der Waals surface area contributed by atoms with Crippen molar-refractivity contribution in [2.24, 2.45) is 5.73 Å². The second-order valence-electron chi connectivity index (χ2n) is 5.94. The zero-order valence-electron chi connectivity index (χ0n) is 14.1. The number of benzene rings is 1. The Balaban J connectivity index is 1.72. The van der Waals surface area contributed by atoms with Crippen molar-refractivity contribution >= 4 is 23.5 Å². The van der Waals surface area contributed by atoms with Crippen LogP contribution in [0.25, 0.3) is 5.69 Å². The molecule has 2 aromatic rings. The highest BCUT2D eigenvalue weighted by Crippen LogP contribution is 2.23. The van der Waals surface area contributed by atoms with Crippen molar-refractivity contribution in [3.8, 4) is 5.69 Å². The second-order valence-corrected chi connectivity index (χ2v) is 5.94. The fourth-order valence-electron chi connectivity index (χ4n) is 2.24. The van der Waals surface area contributed by atoms with Gasteiger partial charge in [-0.15, -0.1) is 0 Å². The Hall–Kier alpha value is -3.62. The van der Waals surface area contributed by atoms with Crippen LogP contribution >= 0.6 is 0 Å². The van der Waals surface area contributed by atoms with Crippen LogP contribution < -0.4 is 11.1 Å². The number of anilines is 1. The monoisotopic (exact) mass is 356 g/mol. The molecule has 3 rings (SSSR count). The molecule has 1 aliphatic heterocycles. The number of carbonyl (C=O) groups excluding carboxylic acids is 3. The Labute approximate surface area is 148 Å². The van der Waals surface area contributed by atoms with Crippen LogP contribution in [0.5, 0.6) is 0 Å². The summed E-state index contributed by atoms with van der Waals surface area (Å²) in [7, 11) is 0. The first-order chi connectivity index (χ1) is 12.2. The topological polar surface area (TPSA) is 126 Å². The van der Waals surface area contributed by atoms with Gasteiger partial charge in [-0.25, -0.2) is 14.3 Å². The van der Waals surface area contributed by atoms with E-state index in [1.807, 2.05) is 0 Å². The number of rotatable bonds is 4. The first-order valence-corrected chi connectivity index (χ1v) is 7.64. The smallest absolute Gasteiger partial charge is 0.350 e. The van der Waals surface area contributed by atoms with E-state index in [1.165, 1.54) is 30.8 Å². The number of carbonyl (C=O) groups is 3. The molecule has 1 aromatic carbocycles. The fourth-order valence-corrected chi connectivity index (χ4v) is 2.24. The summed E-state index contributed by atoms with van der Waals surface area (Å²) >= 11 is 0. The van der Waals surface area contributed by atoms with Crippen LogP contribution in [0.2, 0.25) is 0 Å². The van der Waals surface area contributed by atoms with Gasteiger partial charge in [0.25, 0.3) is 11.7 Å². The Morgan fingerprint density at radius 1 is 1.15 bits per heavy atom. The predicted octanol–water partition coefficient (Wildman–Crippen LogP) is 1.10. The lowest BCUT2D eigenvalue weighted by atomic mass is 10.2. The summed E-state index contributed by atoms with van der Waals surface area (Å²) < 4.78 is 11.5. The van der Waals surface area contributed by atoms with E-state index < -0.39 is 23.6 Å². The lowest BCUT2D eigenvalue weighted by molar-refractivity contribution is -0.222. The molecule has 134 valence electrons. The summed E-state index contributed by atoms with van der Waals surface area (Å²) in [6.45, 7) is 2.95. The van der Waals surface area contributed by atoms with Crippen molar-refractivity contribution in [1.29, 1.82) is 0 Å². The SMILES string of the molecule is CC1(C)OC(=O)C(=CNc2ccc(-n3ccc(C(N)=O)n3)cc2)C(=O)O1. The highest BCUT2D eigenvalue weighted by atomic mass is 16.7. The van der Waals surface area contributed by atoms with Gasteiger partial charge in [0.2, 0.25) is 0 Å². The van der Waals surface area contributed by atoms with Crippen molar-refractivity contribution < 1.29 is 23.9 Å². The molecule has 0 aliphatic carbocycles. The number of nitrogens with one attached hydrogen (secondary N) is 1. The van der Waals surface area contributed by atoms with Crippen LogP contribution in [0.15, 0.2) is 48.3 Å². The highest BCUT2D eigenvalue weighted by Gasteiger charge is 2.38. The molecule has 9 nitrogen and oxygen atoms in total. The van der Waals surface area contributed by atoms with E-state index in [9.17, 15) is 14.4 Å². The van der Waals surface area contributed by atoms with Crippen LogP contribution in [-0.4, -0.2) is 33.4 Å². The lowest BCUT2D eigenvalue weighted by Crippen LogP contribution is -2.42. The number of amides is 1. The predicted molar refractivity (Wildman–Crippen MR) is 90.1 cm³/mol. The molecule has 0 saturated carbocycles. The molecule has 3 N–H and O–H groups in total. The number of hydrogen-bond acceptors (Lipinski definition) is 7. The second kappa shape index (κ2) is 6.36. The number of nitrogens with two attached hydrogens (primary N) is 1. The van der Waals surface area contributed by atoms with Crippen LogP contribution in [-0.2, 0) is 19.1 Å². The van der Waals surface area contributed by atoms with Gasteiger partial charge in [-0.3, -0.25) is 4.79 Å². The zero-order valence-corrected chi connectivity index (χ0v) is 14.1. The third-order valence-electron chi connectivity index (χ3n) is 3.47. The number of hydrogen-bond donors (Lipinski definition) is 2. The van der Waals surface area contributed by atoms with Gasteiger partial charge in [0.1, 0.15) is 5.69 Å². The zero-order chi connectivity index (χ0) is 18.9. The Morgan fingerprint density at radius 3 is 2.31 bits per heavy atom. The molecular weight excluding hydrogens is 340 g/mol. The van der Waals surface area contributed by atoms with E-state index >= 15 is 0 Å². The van der Waals surface area contributed by atoms with Gasteiger partial charge in [0.15, 0.2) is 5.57 Å². The van der Waals surface area contributed by atoms with Crippen molar-refractivity contribution in [1.82, 2.24) is 9.78 Å². The van der Waals surface area contributed by atoms with Gasteiger partial charge in [0.05, 0.1) is 5.69 Å². The van der Waals surface area contributed by atoms with Gasteiger partial charge >= 0.3 is 11.9 Å². The number of esters is 2. The van der Waals surface area contributed by atoms with E-state index in [-0.39, 0.29) is 11.3 Å². The highest BCUT2D eigenvalue weighted by molar-refractivity contribution is 6.15. The van der Waals surface area contributed by atoms with Gasteiger partial charge < -0.3 is 20.5 Å². The van der Waals surface area contributed by atoms with E-state index in [1.54, 1.807) is 30.5 Å². The van der Waals surface area contributed by atoms with E-state index in [2.05, 4.69) is 10.4 Å². The van der Waals surface area contributed by atoms with Crippen LogP contribution in [0.4, 0.5) is 5.69 Å². The number of aromatic nitrogens is 2. The van der Waals surface area contributed by atoms with Gasteiger partial charge in [0, 0.05) is 31.9 Å². The average molecular weight is 356 g/mol. The molecule has 26 heavy (non-hydrogen) atoms. The Bertz CT molecular complexity index is 889. The van der Waals surface area contributed by atoms with Gasteiger partial charge in [-0.05, 0) is 30.3 Å². The maximum atomic E-state index is 11.9. The molecular formula is C17H16N4O5. The minimum Gasteiger partial charge on any atom is -0.419 e. The summed E-state index contributed by atoms with van der Waals surface area (Å²) in [5, 5.41) is 6.89. The molecule has 1 aromatic heterocycles. The van der Waals surface area contributed by atoms with Crippen molar-refractivity contribution in [2.75, 3.05) is 5.32 Å². The molecule has 0 unspecified atom stereocenters. The lowest BCUT2D eigenvalue weighted by Gasteiger charge is -2.29. The van der Waals surface area contributed by atoms with E-state index in [4.69, 9.17) is 15.2 Å². The molecule has 9 heteroatoms.